The van der Waals surface area contributed by atoms with Crippen LogP contribution in [0.3, 0.4) is 0 Å². The predicted octanol–water partition coefficient (Wildman–Crippen LogP) is 4.71. The first-order chi connectivity index (χ1) is 13.3. The second kappa shape index (κ2) is 6.86. The first kappa shape index (κ1) is 19.9. The SMILES string of the molecule is CO/N=C1/C=C2CCC3C(CC[C@@]4(C)C3CC[C@]4(O)/C(C)=N/OC)[C@@]2(C)CC1. The third-order valence-electron chi connectivity index (χ3n) is 9.16. The van der Waals surface area contributed by atoms with Crippen LogP contribution >= 0.6 is 0 Å². The quantitative estimate of drug-likeness (QED) is 0.563. The highest BCUT2D eigenvalue weighted by Crippen LogP contribution is 2.67. The second-order valence-electron chi connectivity index (χ2n) is 9.98. The van der Waals surface area contributed by atoms with Gasteiger partial charge in [-0.15, -0.1) is 0 Å². The third kappa shape index (κ3) is 2.61. The standard InChI is InChI=1S/C23H36N2O3/c1-15(24-27-4)23(26)13-10-20-18-7-6-16-14-17(25-28-5)8-11-21(16,2)19(18)9-12-22(20,23)3/h14,18-20,26H,6-13H2,1-5H3/b24-15+,25-17+/t18?,19?,20?,21-,22-,23-/m0/s1. The largest absolute Gasteiger partial charge is 0.399 e. The third-order valence-corrected chi connectivity index (χ3v) is 9.16. The van der Waals surface area contributed by atoms with Crippen molar-refractivity contribution in [3.63, 3.8) is 0 Å². The van der Waals surface area contributed by atoms with Crippen LogP contribution in [-0.4, -0.2) is 36.4 Å². The Hall–Kier alpha value is -1.36. The molecule has 0 spiro atoms. The van der Waals surface area contributed by atoms with Crippen LogP contribution in [0, 0.1) is 28.6 Å². The highest BCUT2D eigenvalue weighted by molar-refractivity contribution is 5.96. The van der Waals surface area contributed by atoms with Gasteiger partial charge in [-0.3, -0.25) is 0 Å². The van der Waals surface area contributed by atoms with E-state index in [9.17, 15) is 5.11 Å². The van der Waals surface area contributed by atoms with Crippen LogP contribution in [0.4, 0.5) is 0 Å². The Labute approximate surface area is 169 Å². The molecule has 0 aromatic heterocycles. The molecule has 6 atom stereocenters. The Kier molecular flexibility index (Phi) is 4.88. The van der Waals surface area contributed by atoms with Crippen LogP contribution < -0.4 is 0 Å². The summed E-state index contributed by atoms with van der Waals surface area (Å²) in [5.74, 6) is 1.95. The normalized spacial score (nSPS) is 47.1. The maximum absolute atomic E-state index is 11.7. The summed E-state index contributed by atoms with van der Waals surface area (Å²) in [6.07, 6.45) is 11.0. The zero-order valence-corrected chi connectivity index (χ0v) is 18.1. The lowest BCUT2D eigenvalue weighted by molar-refractivity contribution is -0.0954. The number of aliphatic hydroxyl groups is 1. The molecule has 156 valence electrons. The zero-order valence-electron chi connectivity index (χ0n) is 18.1. The van der Waals surface area contributed by atoms with Crippen molar-refractivity contribution in [3.05, 3.63) is 11.6 Å². The lowest BCUT2D eigenvalue weighted by Gasteiger charge is -2.59. The van der Waals surface area contributed by atoms with E-state index in [4.69, 9.17) is 9.68 Å². The molecule has 1 N–H and O–H groups in total. The van der Waals surface area contributed by atoms with Gasteiger partial charge < -0.3 is 14.8 Å². The first-order valence-electron chi connectivity index (χ1n) is 10.9. The van der Waals surface area contributed by atoms with Gasteiger partial charge in [0.1, 0.15) is 19.8 Å². The Bertz CT molecular complexity index is 729. The number of allylic oxidation sites excluding steroid dienone is 2. The average molecular weight is 389 g/mol. The molecule has 5 nitrogen and oxygen atoms in total. The topological polar surface area (TPSA) is 63.4 Å². The number of nitrogens with zero attached hydrogens (tertiary/aromatic N) is 2. The molecule has 0 radical (unpaired) electrons. The van der Waals surface area contributed by atoms with Gasteiger partial charge in [0.15, 0.2) is 0 Å². The number of fused-ring (bicyclic) bond motifs is 5. The van der Waals surface area contributed by atoms with Crippen LogP contribution in [-0.2, 0) is 9.68 Å². The minimum absolute atomic E-state index is 0.102. The Morgan fingerprint density at radius 3 is 2.50 bits per heavy atom. The maximum atomic E-state index is 11.7. The zero-order chi connectivity index (χ0) is 20.2. The van der Waals surface area contributed by atoms with Crippen LogP contribution in [0.5, 0.6) is 0 Å². The number of oxime groups is 2. The second-order valence-corrected chi connectivity index (χ2v) is 9.98. The molecule has 5 heteroatoms. The van der Waals surface area contributed by atoms with E-state index in [2.05, 4.69) is 30.2 Å². The number of rotatable bonds is 3. The van der Waals surface area contributed by atoms with Crippen LogP contribution in [0.2, 0.25) is 0 Å². The van der Waals surface area contributed by atoms with E-state index in [1.807, 2.05) is 6.92 Å². The fraction of sp³-hybridized carbons (Fsp3) is 0.826. The van der Waals surface area contributed by atoms with Gasteiger partial charge >= 0.3 is 0 Å². The molecular formula is C23H36N2O3. The predicted molar refractivity (Wildman–Crippen MR) is 111 cm³/mol. The summed E-state index contributed by atoms with van der Waals surface area (Å²) in [4.78, 5) is 10.1. The van der Waals surface area contributed by atoms with Crippen molar-refractivity contribution in [2.24, 2.45) is 38.9 Å². The molecule has 4 rings (SSSR count). The van der Waals surface area contributed by atoms with Gasteiger partial charge in [-0.05, 0) is 87.5 Å². The molecule has 3 saturated carbocycles. The number of hydrogen-bond acceptors (Lipinski definition) is 5. The van der Waals surface area contributed by atoms with E-state index >= 15 is 0 Å². The molecular weight excluding hydrogens is 352 g/mol. The number of hydrogen-bond donors (Lipinski definition) is 1. The first-order valence-corrected chi connectivity index (χ1v) is 10.9. The summed E-state index contributed by atoms with van der Waals surface area (Å²) in [6, 6.07) is 0. The van der Waals surface area contributed by atoms with Crippen molar-refractivity contribution >= 4 is 11.4 Å². The monoisotopic (exact) mass is 388 g/mol. The molecule has 3 unspecified atom stereocenters. The van der Waals surface area contributed by atoms with Gasteiger partial charge in [0.25, 0.3) is 0 Å². The summed E-state index contributed by atoms with van der Waals surface area (Å²) in [7, 11) is 3.20. The summed E-state index contributed by atoms with van der Waals surface area (Å²) in [6.45, 7) is 6.73. The van der Waals surface area contributed by atoms with Gasteiger partial charge in [-0.1, -0.05) is 29.7 Å². The summed E-state index contributed by atoms with van der Waals surface area (Å²) in [5.41, 5.74) is 2.75. The van der Waals surface area contributed by atoms with E-state index in [1.165, 1.54) is 19.3 Å². The van der Waals surface area contributed by atoms with E-state index in [0.717, 1.165) is 43.5 Å². The molecule has 3 fully saturated rings. The van der Waals surface area contributed by atoms with Crippen molar-refractivity contribution in [3.8, 4) is 0 Å². The molecule has 0 aromatic carbocycles. The molecule has 4 aliphatic carbocycles. The highest BCUT2D eigenvalue weighted by atomic mass is 16.6. The van der Waals surface area contributed by atoms with E-state index in [-0.39, 0.29) is 10.8 Å². The van der Waals surface area contributed by atoms with Gasteiger partial charge in [0.05, 0.1) is 11.4 Å². The fourth-order valence-corrected chi connectivity index (χ4v) is 7.58. The van der Waals surface area contributed by atoms with Crippen LogP contribution in [0.15, 0.2) is 22.0 Å². The minimum Gasteiger partial charge on any atom is -0.399 e. The van der Waals surface area contributed by atoms with Crippen molar-refractivity contribution in [2.75, 3.05) is 14.2 Å². The molecule has 0 heterocycles. The van der Waals surface area contributed by atoms with Crippen molar-refractivity contribution in [1.82, 2.24) is 0 Å². The van der Waals surface area contributed by atoms with Crippen LogP contribution in [0.25, 0.3) is 0 Å². The lowest BCUT2D eigenvalue weighted by Crippen LogP contribution is -2.57. The van der Waals surface area contributed by atoms with E-state index in [1.54, 1.807) is 19.8 Å². The summed E-state index contributed by atoms with van der Waals surface area (Å²) in [5, 5.41) is 20.0. The molecule has 4 aliphatic rings. The maximum Gasteiger partial charge on any atom is 0.111 e. The van der Waals surface area contributed by atoms with Crippen molar-refractivity contribution in [1.29, 1.82) is 0 Å². The fourth-order valence-electron chi connectivity index (χ4n) is 7.58. The Morgan fingerprint density at radius 2 is 1.79 bits per heavy atom. The van der Waals surface area contributed by atoms with Gasteiger partial charge in [0, 0.05) is 5.41 Å². The Morgan fingerprint density at radius 1 is 1.04 bits per heavy atom. The minimum atomic E-state index is -0.833. The molecule has 0 aliphatic heterocycles. The molecule has 0 bridgehead atoms. The summed E-state index contributed by atoms with van der Waals surface area (Å²) >= 11 is 0. The molecule has 28 heavy (non-hydrogen) atoms. The van der Waals surface area contributed by atoms with Crippen molar-refractivity contribution in [2.45, 2.75) is 77.7 Å². The van der Waals surface area contributed by atoms with E-state index in [0.29, 0.717) is 17.8 Å². The molecule has 0 saturated heterocycles. The molecule has 0 aromatic rings. The Balaban J connectivity index is 1.65. The lowest BCUT2D eigenvalue weighted by atomic mass is 9.46. The van der Waals surface area contributed by atoms with E-state index < -0.39 is 5.60 Å². The van der Waals surface area contributed by atoms with Crippen LogP contribution in [0.1, 0.15) is 72.1 Å². The van der Waals surface area contributed by atoms with Crippen molar-refractivity contribution < 1.29 is 14.8 Å². The average Bonchev–Trinajstić information content (AvgIpc) is 2.95. The highest BCUT2D eigenvalue weighted by Gasteiger charge is 2.64. The van der Waals surface area contributed by atoms with Gasteiger partial charge in [0.2, 0.25) is 0 Å². The summed E-state index contributed by atoms with van der Waals surface area (Å²) < 4.78 is 0. The van der Waals surface area contributed by atoms with Gasteiger partial charge in [-0.2, -0.15) is 0 Å². The smallest absolute Gasteiger partial charge is 0.111 e. The molecule has 0 amide bonds. The van der Waals surface area contributed by atoms with Gasteiger partial charge in [-0.25, -0.2) is 0 Å².